The van der Waals surface area contributed by atoms with Crippen molar-refractivity contribution in [1.82, 2.24) is 15.1 Å². The Labute approximate surface area is 185 Å². The van der Waals surface area contributed by atoms with Crippen molar-refractivity contribution in [3.05, 3.63) is 102 Å². The van der Waals surface area contributed by atoms with Gasteiger partial charge in [0.25, 0.3) is 0 Å². The number of hydrogen-bond donors (Lipinski definition) is 1. The van der Waals surface area contributed by atoms with Gasteiger partial charge in [-0.25, -0.2) is 4.68 Å². The van der Waals surface area contributed by atoms with Crippen LogP contribution in [0.1, 0.15) is 23.7 Å². The summed E-state index contributed by atoms with van der Waals surface area (Å²) >= 11 is 6.01. The zero-order valence-electron chi connectivity index (χ0n) is 17.1. The van der Waals surface area contributed by atoms with Crippen LogP contribution < -0.4 is 5.32 Å². The molecule has 0 radical (unpaired) electrons. The predicted molar refractivity (Wildman–Crippen MR) is 127 cm³/mol. The molecule has 0 amide bonds. The zero-order valence-corrected chi connectivity index (χ0v) is 18.6. The number of benzene rings is 2. The highest BCUT2D eigenvalue weighted by molar-refractivity contribution is 7.84. The van der Waals surface area contributed by atoms with E-state index in [2.05, 4.69) is 23.6 Å². The highest BCUT2D eigenvalue weighted by Gasteiger charge is 2.15. The van der Waals surface area contributed by atoms with E-state index in [4.69, 9.17) is 11.6 Å². The Morgan fingerprint density at radius 3 is 2.63 bits per heavy atom. The number of rotatable bonds is 8. The molecule has 1 aromatic heterocycles. The molecule has 0 fully saturated rings. The van der Waals surface area contributed by atoms with Crippen molar-refractivity contribution in [3.8, 4) is 5.69 Å². The summed E-state index contributed by atoms with van der Waals surface area (Å²) in [4.78, 5) is 0.810. The molecule has 30 heavy (non-hydrogen) atoms. The highest BCUT2D eigenvalue weighted by atomic mass is 35.5. The van der Waals surface area contributed by atoms with E-state index in [-0.39, 0.29) is 0 Å². The number of nitrogens with one attached hydrogen (secondary N) is 1. The predicted octanol–water partition coefficient (Wildman–Crippen LogP) is 5.61. The molecule has 0 saturated carbocycles. The van der Waals surface area contributed by atoms with Crippen molar-refractivity contribution < 1.29 is 4.21 Å². The van der Waals surface area contributed by atoms with Gasteiger partial charge in [-0.15, -0.1) is 0 Å². The van der Waals surface area contributed by atoms with Gasteiger partial charge in [0, 0.05) is 50.4 Å². The lowest BCUT2D eigenvalue weighted by atomic mass is 10.0. The summed E-state index contributed by atoms with van der Waals surface area (Å²) < 4.78 is 13.6. The van der Waals surface area contributed by atoms with Crippen LogP contribution >= 0.6 is 11.6 Å². The van der Waals surface area contributed by atoms with Crippen LogP contribution in [0.4, 0.5) is 0 Å². The van der Waals surface area contributed by atoms with E-state index in [1.807, 2.05) is 72.4 Å². The summed E-state index contributed by atoms with van der Waals surface area (Å²) in [6, 6.07) is 15.2. The minimum atomic E-state index is -1.01. The van der Waals surface area contributed by atoms with Crippen molar-refractivity contribution >= 4 is 34.0 Å². The fourth-order valence-corrected chi connectivity index (χ4v) is 3.89. The number of halogens is 1. The minimum absolute atomic E-state index is 0.579. The zero-order chi connectivity index (χ0) is 21.7. The van der Waals surface area contributed by atoms with Crippen LogP contribution in [0.15, 0.2) is 84.6 Å². The molecule has 2 aromatic carbocycles. The number of nitrogens with zero attached hydrogens (tertiary/aromatic N) is 2. The third-order valence-electron chi connectivity index (χ3n) is 4.71. The SMILES string of the molecule is C=Cc1c(/C(=C\C)C(=C)NCc2cccc(S(C)=O)c2)cnn1-c1ccc(Cl)cc1. The fraction of sp³-hybridized carbons (Fsp3) is 0.125. The average molecular weight is 438 g/mol. The number of allylic oxidation sites excluding steroid dienone is 2. The second kappa shape index (κ2) is 9.74. The molecule has 0 spiro atoms. The minimum Gasteiger partial charge on any atom is -0.381 e. The van der Waals surface area contributed by atoms with Gasteiger partial charge in [0.05, 0.1) is 17.6 Å². The molecular formula is C24H24ClN3OS. The standard InChI is InChI=1S/C24H24ClN3OS/c1-5-22(17(3)26-15-18-8-7-9-21(14-18)30(4)29)23-16-27-28(24(23)6-2)20-12-10-19(25)11-13-20/h5-14,16,26H,2-3,15H2,1,4H3/b22-5-. The molecule has 4 nitrogen and oxygen atoms in total. The Kier molecular flexibility index (Phi) is 7.08. The lowest BCUT2D eigenvalue weighted by molar-refractivity contribution is 0.686. The first-order valence-corrected chi connectivity index (χ1v) is 11.4. The first-order valence-electron chi connectivity index (χ1n) is 9.43. The van der Waals surface area contributed by atoms with Crippen LogP contribution in [0.25, 0.3) is 17.3 Å². The summed E-state index contributed by atoms with van der Waals surface area (Å²) in [7, 11) is -1.01. The Morgan fingerprint density at radius 2 is 2.00 bits per heavy atom. The van der Waals surface area contributed by atoms with Crippen molar-refractivity contribution in [2.45, 2.75) is 18.4 Å². The molecule has 0 aliphatic heterocycles. The van der Waals surface area contributed by atoms with Crippen molar-refractivity contribution in [3.63, 3.8) is 0 Å². The maximum Gasteiger partial charge on any atom is 0.0741 e. The average Bonchev–Trinajstić information content (AvgIpc) is 3.17. The lowest BCUT2D eigenvalue weighted by Gasteiger charge is -2.14. The van der Waals surface area contributed by atoms with Crippen molar-refractivity contribution in [2.75, 3.05) is 6.26 Å². The first kappa shape index (κ1) is 21.8. The van der Waals surface area contributed by atoms with Gasteiger partial charge in [0.1, 0.15) is 0 Å². The largest absolute Gasteiger partial charge is 0.381 e. The van der Waals surface area contributed by atoms with Gasteiger partial charge in [-0.3, -0.25) is 4.21 Å². The topological polar surface area (TPSA) is 46.9 Å². The van der Waals surface area contributed by atoms with Gasteiger partial charge >= 0.3 is 0 Å². The van der Waals surface area contributed by atoms with Gasteiger partial charge < -0.3 is 5.32 Å². The molecule has 6 heteroatoms. The summed E-state index contributed by atoms with van der Waals surface area (Å²) in [5.41, 5.74) is 5.47. The second-order valence-electron chi connectivity index (χ2n) is 6.67. The maximum absolute atomic E-state index is 11.7. The van der Waals surface area contributed by atoms with E-state index >= 15 is 0 Å². The van der Waals surface area contributed by atoms with E-state index in [9.17, 15) is 4.21 Å². The molecule has 0 bridgehead atoms. The molecule has 1 heterocycles. The molecule has 1 unspecified atom stereocenters. The third-order valence-corrected chi connectivity index (χ3v) is 5.88. The highest BCUT2D eigenvalue weighted by Crippen LogP contribution is 2.27. The van der Waals surface area contributed by atoms with Gasteiger partial charge in [-0.2, -0.15) is 5.10 Å². The first-order chi connectivity index (χ1) is 14.4. The van der Waals surface area contributed by atoms with Crippen LogP contribution in [-0.2, 0) is 17.3 Å². The van der Waals surface area contributed by atoms with E-state index in [1.165, 1.54) is 0 Å². The number of hydrogen-bond acceptors (Lipinski definition) is 3. The summed E-state index contributed by atoms with van der Waals surface area (Å²) in [5, 5.41) is 8.59. The maximum atomic E-state index is 11.7. The summed E-state index contributed by atoms with van der Waals surface area (Å²) in [6.45, 7) is 10.7. The molecule has 1 atom stereocenters. The van der Waals surface area contributed by atoms with Crippen molar-refractivity contribution in [1.29, 1.82) is 0 Å². The van der Waals surface area contributed by atoms with Gasteiger partial charge in [0.15, 0.2) is 0 Å². The monoisotopic (exact) mass is 437 g/mol. The summed E-state index contributed by atoms with van der Waals surface area (Å²) in [6.07, 6.45) is 7.28. The van der Waals surface area contributed by atoms with Gasteiger partial charge in [0.2, 0.25) is 0 Å². The molecule has 1 N–H and O–H groups in total. The van der Waals surface area contributed by atoms with Crippen LogP contribution in [-0.4, -0.2) is 20.2 Å². The van der Waals surface area contributed by atoms with Crippen LogP contribution in [0.3, 0.4) is 0 Å². The van der Waals surface area contributed by atoms with E-state index in [1.54, 1.807) is 12.3 Å². The smallest absolute Gasteiger partial charge is 0.0741 e. The van der Waals surface area contributed by atoms with E-state index in [0.29, 0.717) is 11.6 Å². The molecular weight excluding hydrogens is 414 g/mol. The summed E-state index contributed by atoms with van der Waals surface area (Å²) in [5.74, 6) is 0. The Hall–Kier alpha value is -2.89. The van der Waals surface area contributed by atoms with E-state index < -0.39 is 10.8 Å². The quantitative estimate of drug-likeness (QED) is 0.465. The van der Waals surface area contributed by atoms with Crippen LogP contribution in [0.5, 0.6) is 0 Å². The lowest BCUT2D eigenvalue weighted by Crippen LogP contribution is -2.13. The molecule has 154 valence electrons. The Bertz CT molecular complexity index is 1130. The third kappa shape index (κ3) is 4.81. The normalized spacial score (nSPS) is 12.4. The number of aromatic nitrogens is 2. The molecule has 0 saturated heterocycles. The Morgan fingerprint density at radius 1 is 1.27 bits per heavy atom. The van der Waals surface area contributed by atoms with Gasteiger partial charge in [-0.05, 0) is 55.0 Å². The molecule has 0 aliphatic rings. The fourth-order valence-electron chi connectivity index (χ4n) is 3.18. The Balaban J connectivity index is 1.83. The molecule has 0 aliphatic carbocycles. The second-order valence-corrected chi connectivity index (χ2v) is 8.49. The van der Waals surface area contributed by atoms with Gasteiger partial charge in [-0.1, -0.05) is 43.0 Å². The molecule has 3 aromatic rings. The van der Waals surface area contributed by atoms with E-state index in [0.717, 1.165) is 38.7 Å². The van der Waals surface area contributed by atoms with Crippen LogP contribution in [0.2, 0.25) is 5.02 Å². The van der Waals surface area contributed by atoms with Crippen LogP contribution in [0, 0.1) is 0 Å². The van der Waals surface area contributed by atoms with Crippen molar-refractivity contribution in [2.24, 2.45) is 0 Å². The molecule has 3 rings (SSSR count).